The van der Waals surface area contributed by atoms with E-state index >= 15 is 0 Å². The number of hydrogen-bond acceptors (Lipinski definition) is 3. The van der Waals surface area contributed by atoms with Crippen molar-refractivity contribution < 1.29 is 19.5 Å². The Morgan fingerprint density at radius 2 is 1.95 bits per heavy atom. The van der Waals surface area contributed by atoms with E-state index in [1.807, 2.05) is 0 Å². The molecule has 0 heterocycles. The van der Waals surface area contributed by atoms with E-state index in [0.29, 0.717) is 5.69 Å². The molecule has 0 saturated heterocycles. The molecular weight excluding hydrogens is 310 g/mol. The number of nitrogens with two attached hydrogens (primary N) is 1. The van der Waals surface area contributed by atoms with E-state index in [0.717, 1.165) is 0 Å². The van der Waals surface area contributed by atoms with Gasteiger partial charge < -0.3 is 21.5 Å². The van der Waals surface area contributed by atoms with Crippen molar-refractivity contribution in [2.24, 2.45) is 11.1 Å². The predicted molar refractivity (Wildman–Crippen MR) is 83.0 cm³/mol. The minimum absolute atomic E-state index is 0.103. The maximum absolute atomic E-state index is 11.7. The van der Waals surface area contributed by atoms with Gasteiger partial charge in [0.25, 0.3) is 0 Å². The number of carboxylic acids is 1. The summed E-state index contributed by atoms with van der Waals surface area (Å²) in [6, 6.07) is 3.82. The monoisotopic (exact) mass is 327 g/mol. The number of aliphatic carboxylic acids is 1. The van der Waals surface area contributed by atoms with E-state index < -0.39 is 23.3 Å². The summed E-state index contributed by atoms with van der Waals surface area (Å²) in [5, 5.41) is 14.2. The Labute approximate surface area is 132 Å². The zero-order valence-corrected chi connectivity index (χ0v) is 13.0. The average Bonchev–Trinajstić information content (AvgIpc) is 2.40. The van der Waals surface area contributed by atoms with Crippen LogP contribution in [0.25, 0.3) is 0 Å². The second-order valence-electron chi connectivity index (χ2n) is 5.38. The van der Waals surface area contributed by atoms with E-state index in [1.54, 1.807) is 13.8 Å². The zero-order chi connectivity index (χ0) is 16.9. The van der Waals surface area contributed by atoms with E-state index in [-0.39, 0.29) is 23.6 Å². The summed E-state index contributed by atoms with van der Waals surface area (Å²) in [6.45, 7) is 3.35. The molecular formula is C14H18ClN3O4. The van der Waals surface area contributed by atoms with Gasteiger partial charge in [0.2, 0.25) is 5.91 Å². The fourth-order valence-corrected chi connectivity index (χ4v) is 1.77. The van der Waals surface area contributed by atoms with Gasteiger partial charge in [0, 0.05) is 12.2 Å². The van der Waals surface area contributed by atoms with Crippen molar-refractivity contribution in [1.29, 1.82) is 0 Å². The summed E-state index contributed by atoms with van der Waals surface area (Å²) in [4.78, 5) is 33.8. The number of benzene rings is 1. The smallest absolute Gasteiger partial charge is 0.319 e. The zero-order valence-electron chi connectivity index (χ0n) is 12.3. The molecule has 1 aromatic rings. The lowest BCUT2D eigenvalue weighted by atomic mass is 9.90. The highest BCUT2D eigenvalue weighted by molar-refractivity contribution is 6.33. The van der Waals surface area contributed by atoms with E-state index in [4.69, 9.17) is 22.4 Å². The third-order valence-corrected chi connectivity index (χ3v) is 3.43. The molecule has 120 valence electrons. The van der Waals surface area contributed by atoms with E-state index in [2.05, 4.69) is 10.6 Å². The molecule has 0 atom stereocenters. The number of hydrogen-bond donors (Lipinski definition) is 4. The number of nitrogens with one attached hydrogen (secondary N) is 2. The van der Waals surface area contributed by atoms with Gasteiger partial charge >= 0.3 is 12.0 Å². The Bertz CT molecular complexity index is 602. The molecule has 0 aromatic heterocycles. The number of primary amides is 1. The molecule has 0 radical (unpaired) electrons. The van der Waals surface area contributed by atoms with E-state index in [9.17, 15) is 14.4 Å². The van der Waals surface area contributed by atoms with Gasteiger partial charge in [-0.15, -0.1) is 0 Å². The summed E-state index contributed by atoms with van der Waals surface area (Å²) < 4.78 is 0. The fraction of sp³-hybridized carbons (Fsp3) is 0.357. The largest absolute Gasteiger partial charge is 0.481 e. The lowest BCUT2D eigenvalue weighted by Crippen LogP contribution is -2.34. The normalized spacial score (nSPS) is 10.9. The molecule has 5 N–H and O–H groups in total. The lowest BCUT2D eigenvalue weighted by molar-refractivity contribution is -0.147. The summed E-state index contributed by atoms with van der Waals surface area (Å²) >= 11 is 5.81. The fourth-order valence-electron chi connectivity index (χ4n) is 1.56. The Kier molecular flexibility index (Phi) is 5.76. The van der Waals surface area contributed by atoms with Gasteiger partial charge in [-0.2, -0.15) is 0 Å². The molecule has 22 heavy (non-hydrogen) atoms. The number of halogens is 1. The number of urea groups is 1. The minimum Gasteiger partial charge on any atom is -0.481 e. The summed E-state index contributed by atoms with van der Waals surface area (Å²) in [5.41, 5.74) is 4.70. The van der Waals surface area contributed by atoms with Gasteiger partial charge in [0.1, 0.15) is 0 Å². The molecule has 0 aliphatic heterocycles. The topological polar surface area (TPSA) is 122 Å². The Balaban J connectivity index is 2.58. The first-order valence-electron chi connectivity index (χ1n) is 6.51. The Hall–Kier alpha value is -2.28. The third-order valence-electron chi connectivity index (χ3n) is 3.10. The van der Waals surface area contributed by atoms with Gasteiger partial charge in [-0.1, -0.05) is 11.6 Å². The molecule has 0 bridgehead atoms. The molecule has 8 heteroatoms. The highest BCUT2D eigenvalue weighted by atomic mass is 35.5. The van der Waals surface area contributed by atoms with Crippen molar-refractivity contribution in [3.8, 4) is 0 Å². The molecule has 7 nitrogen and oxygen atoms in total. The van der Waals surface area contributed by atoms with Gasteiger partial charge in [0.15, 0.2) is 0 Å². The minimum atomic E-state index is -0.932. The summed E-state index contributed by atoms with van der Waals surface area (Å²) in [6.07, 6.45) is 0.281. The van der Waals surface area contributed by atoms with Crippen molar-refractivity contribution in [3.63, 3.8) is 0 Å². The number of rotatable bonds is 6. The SMILES string of the molecule is CC(C)(CCNC(=O)Nc1ccc(Cl)c(C(N)=O)c1)C(=O)O. The van der Waals surface area contributed by atoms with Gasteiger partial charge in [-0.3, -0.25) is 9.59 Å². The predicted octanol–water partition coefficient (Wildman–Crippen LogP) is 2.06. The first kappa shape index (κ1) is 17.8. The van der Waals surface area contributed by atoms with Gasteiger partial charge in [-0.25, -0.2) is 4.79 Å². The third kappa shape index (κ3) is 4.92. The number of anilines is 1. The molecule has 0 saturated carbocycles. The van der Waals surface area contributed by atoms with Crippen LogP contribution in [-0.2, 0) is 4.79 Å². The average molecular weight is 328 g/mol. The van der Waals surface area contributed by atoms with Crippen LogP contribution >= 0.6 is 11.6 Å². The highest BCUT2D eigenvalue weighted by Crippen LogP contribution is 2.21. The Morgan fingerprint density at radius 1 is 1.32 bits per heavy atom. The summed E-state index contributed by atoms with van der Waals surface area (Å²) in [5.74, 6) is -1.63. The highest BCUT2D eigenvalue weighted by Gasteiger charge is 2.26. The molecule has 0 aliphatic rings. The van der Waals surface area contributed by atoms with Crippen molar-refractivity contribution in [2.45, 2.75) is 20.3 Å². The second kappa shape index (κ2) is 7.13. The molecule has 0 aliphatic carbocycles. The number of carboxylic acid groups (broad SMARTS) is 1. The number of carbonyl (C=O) groups is 3. The molecule has 0 spiro atoms. The van der Waals surface area contributed by atoms with Crippen LogP contribution in [0.1, 0.15) is 30.6 Å². The van der Waals surface area contributed by atoms with Crippen LogP contribution < -0.4 is 16.4 Å². The van der Waals surface area contributed by atoms with Crippen LogP contribution in [0.5, 0.6) is 0 Å². The molecule has 1 rings (SSSR count). The number of carbonyl (C=O) groups excluding carboxylic acids is 2. The van der Waals surface area contributed by atoms with Crippen LogP contribution in [0, 0.1) is 5.41 Å². The van der Waals surface area contributed by atoms with Crippen LogP contribution in [0.15, 0.2) is 18.2 Å². The first-order valence-corrected chi connectivity index (χ1v) is 6.89. The maximum atomic E-state index is 11.7. The van der Waals surface area contributed by atoms with Crippen molar-refractivity contribution >= 4 is 35.2 Å². The second-order valence-corrected chi connectivity index (χ2v) is 5.79. The van der Waals surface area contributed by atoms with Crippen molar-refractivity contribution in [1.82, 2.24) is 5.32 Å². The van der Waals surface area contributed by atoms with Gasteiger partial charge in [-0.05, 0) is 38.5 Å². The molecule has 0 fully saturated rings. The van der Waals surface area contributed by atoms with Gasteiger partial charge in [0.05, 0.1) is 16.0 Å². The maximum Gasteiger partial charge on any atom is 0.319 e. The van der Waals surface area contributed by atoms with E-state index in [1.165, 1.54) is 18.2 Å². The standard InChI is InChI=1S/C14H18ClN3O4/c1-14(2,12(20)21)5-6-17-13(22)18-8-3-4-10(15)9(7-8)11(16)19/h3-4,7H,5-6H2,1-2H3,(H2,16,19)(H,20,21)(H2,17,18,22). The molecule has 0 unspecified atom stereocenters. The molecule has 3 amide bonds. The van der Waals surface area contributed by atoms with Crippen molar-refractivity contribution in [2.75, 3.05) is 11.9 Å². The molecule has 1 aromatic carbocycles. The van der Waals surface area contributed by atoms with Crippen LogP contribution in [-0.4, -0.2) is 29.6 Å². The number of amides is 3. The quantitative estimate of drug-likeness (QED) is 0.638. The van der Waals surface area contributed by atoms with Crippen LogP contribution in [0.2, 0.25) is 5.02 Å². The van der Waals surface area contributed by atoms with Crippen LogP contribution in [0.4, 0.5) is 10.5 Å². The Morgan fingerprint density at radius 3 is 2.50 bits per heavy atom. The first-order chi connectivity index (χ1) is 10.1. The lowest BCUT2D eigenvalue weighted by Gasteiger charge is -2.19. The van der Waals surface area contributed by atoms with Crippen molar-refractivity contribution in [3.05, 3.63) is 28.8 Å². The van der Waals surface area contributed by atoms with Crippen LogP contribution in [0.3, 0.4) is 0 Å². The summed E-state index contributed by atoms with van der Waals surface area (Å²) in [7, 11) is 0.